The van der Waals surface area contributed by atoms with Crippen LogP contribution in [-0.2, 0) is 0 Å². The molecule has 0 saturated heterocycles. The van der Waals surface area contributed by atoms with E-state index < -0.39 is 31.8 Å². The molecule has 10 heavy (non-hydrogen) atoms. The van der Waals surface area contributed by atoms with Gasteiger partial charge >= 0.3 is 29.6 Å². The molecule has 0 saturated carbocycles. The van der Waals surface area contributed by atoms with Crippen molar-refractivity contribution in [3.8, 4) is 0 Å². The molecule has 0 aromatic rings. The number of hydrogen-bond acceptors (Lipinski definition) is 4. The maximum absolute atomic E-state index is 8.50. The van der Waals surface area contributed by atoms with Gasteiger partial charge in [0.2, 0.25) is 0 Å². The van der Waals surface area contributed by atoms with Crippen LogP contribution in [0.15, 0.2) is 0 Å². The second-order valence-electron chi connectivity index (χ2n) is 2.13. The topological polar surface area (TPSA) is 80.9 Å². The molecule has 0 aromatic carbocycles. The standard InChI is InChI=1S/C5H12O4.Na.H/c6-1-5(2-7,3-8)4-9;;/h6-9H,1-4H2;;. The van der Waals surface area contributed by atoms with E-state index in [4.69, 9.17) is 20.4 Å². The quantitative estimate of drug-likeness (QED) is 0.337. The van der Waals surface area contributed by atoms with E-state index in [1.807, 2.05) is 0 Å². The Kier molecular flexibility index (Phi) is 8.79. The van der Waals surface area contributed by atoms with Gasteiger partial charge in [0, 0.05) is 0 Å². The van der Waals surface area contributed by atoms with Gasteiger partial charge in [-0.25, -0.2) is 0 Å². The van der Waals surface area contributed by atoms with Gasteiger partial charge in [-0.2, -0.15) is 0 Å². The van der Waals surface area contributed by atoms with Gasteiger partial charge < -0.3 is 20.4 Å². The fourth-order valence-corrected chi connectivity index (χ4v) is 0.300. The molecule has 0 fully saturated rings. The van der Waals surface area contributed by atoms with Crippen LogP contribution in [0.1, 0.15) is 0 Å². The van der Waals surface area contributed by atoms with Crippen LogP contribution in [-0.4, -0.2) is 76.4 Å². The Balaban J connectivity index is 0. The molecule has 0 aliphatic rings. The van der Waals surface area contributed by atoms with Crippen molar-refractivity contribution >= 4 is 29.6 Å². The van der Waals surface area contributed by atoms with E-state index in [-0.39, 0.29) is 29.6 Å². The summed E-state index contributed by atoms with van der Waals surface area (Å²) in [5.74, 6) is 0. The molecule has 0 aliphatic carbocycles. The third-order valence-corrected chi connectivity index (χ3v) is 1.34. The molecule has 0 spiro atoms. The molecule has 0 radical (unpaired) electrons. The molecular formula is C5H13NaO4. The first kappa shape index (κ1) is 13.4. The van der Waals surface area contributed by atoms with E-state index in [9.17, 15) is 0 Å². The minimum absolute atomic E-state index is 0. The van der Waals surface area contributed by atoms with Crippen LogP contribution in [0.3, 0.4) is 0 Å². The molecule has 4 nitrogen and oxygen atoms in total. The molecule has 0 bridgehead atoms. The van der Waals surface area contributed by atoms with E-state index in [1.165, 1.54) is 0 Å². The summed E-state index contributed by atoms with van der Waals surface area (Å²) >= 11 is 0. The Labute approximate surface area is 81.8 Å². The second kappa shape index (κ2) is 6.54. The number of aliphatic hydroxyl groups is 4. The molecular weight excluding hydrogens is 147 g/mol. The van der Waals surface area contributed by atoms with Crippen LogP contribution in [0.5, 0.6) is 0 Å². The predicted molar refractivity (Wildman–Crippen MR) is 37.9 cm³/mol. The molecule has 0 aliphatic heterocycles. The predicted octanol–water partition coefficient (Wildman–Crippen LogP) is -2.71. The number of rotatable bonds is 4. The van der Waals surface area contributed by atoms with E-state index in [2.05, 4.69) is 0 Å². The molecule has 58 valence electrons. The van der Waals surface area contributed by atoms with Crippen molar-refractivity contribution in [3.63, 3.8) is 0 Å². The Bertz CT molecular complexity index is 56.5. The third kappa shape index (κ3) is 3.30. The van der Waals surface area contributed by atoms with E-state index >= 15 is 0 Å². The molecule has 4 N–H and O–H groups in total. The van der Waals surface area contributed by atoms with Gasteiger partial charge in [0.15, 0.2) is 0 Å². The SMILES string of the molecule is OCC(CO)(CO)CO.[NaH]. The first-order valence-electron chi connectivity index (χ1n) is 2.68. The van der Waals surface area contributed by atoms with Crippen LogP contribution in [0.4, 0.5) is 0 Å². The zero-order chi connectivity index (χ0) is 7.33. The summed E-state index contributed by atoms with van der Waals surface area (Å²) in [5.41, 5.74) is -1.11. The van der Waals surface area contributed by atoms with Gasteiger partial charge in [-0.1, -0.05) is 0 Å². The average Bonchev–Trinajstić information content (AvgIpc) is 1.95. The van der Waals surface area contributed by atoms with Gasteiger partial charge in [0.25, 0.3) is 0 Å². The normalized spacial score (nSPS) is 10.8. The van der Waals surface area contributed by atoms with Crippen molar-refractivity contribution in [2.75, 3.05) is 26.4 Å². The average molecular weight is 160 g/mol. The fraction of sp³-hybridized carbons (Fsp3) is 1.00. The minimum atomic E-state index is -1.11. The summed E-state index contributed by atoms with van der Waals surface area (Å²) in [6, 6.07) is 0. The zero-order valence-electron chi connectivity index (χ0n) is 5.12. The Morgan fingerprint density at radius 1 is 0.700 bits per heavy atom. The number of hydrogen-bond donors (Lipinski definition) is 4. The van der Waals surface area contributed by atoms with Crippen molar-refractivity contribution in [2.24, 2.45) is 5.41 Å². The van der Waals surface area contributed by atoms with Crippen molar-refractivity contribution in [2.45, 2.75) is 0 Å². The summed E-state index contributed by atoms with van der Waals surface area (Å²) in [5, 5.41) is 34.0. The first-order valence-corrected chi connectivity index (χ1v) is 2.68. The molecule has 0 unspecified atom stereocenters. The molecule has 0 rings (SSSR count). The van der Waals surface area contributed by atoms with Crippen molar-refractivity contribution in [1.29, 1.82) is 0 Å². The van der Waals surface area contributed by atoms with Gasteiger partial charge in [0.05, 0.1) is 31.8 Å². The Hall–Kier alpha value is 0.840. The number of aliphatic hydroxyl groups excluding tert-OH is 4. The zero-order valence-corrected chi connectivity index (χ0v) is 5.12. The van der Waals surface area contributed by atoms with Gasteiger partial charge in [-0.15, -0.1) is 0 Å². The van der Waals surface area contributed by atoms with E-state index in [0.717, 1.165) is 0 Å². The third-order valence-electron chi connectivity index (χ3n) is 1.34. The van der Waals surface area contributed by atoms with E-state index in [1.54, 1.807) is 0 Å². The van der Waals surface area contributed by atoms with Crippen LogP contribution in [0.2, 0.25) is 0 Å². The molecule has 5 heteroatoms. The molecule has 0 aromatic heterocycles. The van der Waals surface area contributed by atoms with Crippen LogP contribution in [0.25, 0.3) is 0 Å². The van der Waals surface area contributed by atoms with Gasteiger partial charge in [-0.05, 0) is 0 Å². The van der Waals surface area contributed by atoms with Crippen LogP contribution < -0.4 is 0 Å². The second-order valence-corrected chi connectivity index (χ2v) is 2.13. The van der Waals surface area contributed by atoms with Gasteiger partial charge in [-0.3, -0.25) is 0 Å². The summed E-state index contributed by atoms with van der Waals surface area (Å²) in [4.78, 5) is 0. The van der Waals surface area contributed by atoms with Crippen LogP contribution in [0, 0.1) is 5.41 Å². The summed E-state index contributed by atoms with van der Waals surface area (Å²) in [7, 11) is 0. The Morgan fingerprint density at radius 3 is 0.900 bits per heavy atom. The van der Waals surface area contributed by atoms with Crippen molar-refractivity contribution in [1.82, 2.24) is 0 Å². The molecule has 0 heterocycles. The summed E-state index contributed by atoms with van der Waals surface area (Å²) < 4.78 is 0. The summed E-state index contributed by atoms with van der Waals surface area (Å²) in [6.07, 6.45) is 0. The van der Waals surface area contributed by atoms with Crippen molar-refractivity contribution < 1.29 is 20.4 Å². The van der Waals surface area contributed by atoms with E-state index in [0.29, 0.717) is 0 Å². The van der Waals surface area contributed by atoms with Crippen LogP contribution >= 0.6 is 0 Å². The molecule has 0 atom stereocenters. The Morgan fingerprint density at radius 2 is 0.900 bits per heavy atom. The first-order chi connectivity index (χ1) is 4.24. The maximum atomic E-state index is 8.50. The van der Waals surface area contributed by atoms with Crippen molar-refractivity contribution in [3.05, 3.63) is 0 Å². The summed E-state index contributed by atoms with van der Waals surface area (Å²) in [6.45, 7) is -1.62. The monoisotopic (exact) mass is 160 g/mol. The molecule has 0 amide bonds. The van der Waals surface area contributed by atoms with Gasteiger partial charge in [0.1, 0.15) is 0 Å². The fourth-order valence-electron chi connectivity index (χ4n) is 0.300.